The van der Waals surface area contributed by atoms with Crippen molar-refractivity contribution in [3.8, 4) is 5.75 Å². The highest BCUT2D eigenvalue weighted by atomic mass is 79.9. The molecule has 1 aliphatic rings. The number of halogens is 1. The zero-order valence-corrected chi connectivity index (χ0v) is 19.6. The van der Waals surface area contributed by atoms with Gasteiger partial charge in [-0.25, -0.2) is 8.42 Å². The minimum absolute atomic E-state index is 0.183. The molecule has 0 bridgehead atoms. The van der Waals surface area contributed by atoms with Gasteiger partial charge in [0.2, 0.25) is 15.9 Å². The average molecular weight is 495 g/mol. The second kappa shape index (κ2) is 9.94. The maximum atomic E-state index is 13.4. The zero-order chi connectivity index (χ0) is 21.7. The highest BCUT2D eigenvalue weighted by Gasteiger charge is 2.34. The molecule has 0 heterocycles. The lowest BCUT2D eigenvalue weighted by Gasteiger charge is -2.33. The number of nitrogens with one attached hydrogen (secondary N) is 1. The van der Waals surface area contributed by atoms with E-state index in [0.717, 1.165) is 42.1 Å². The number of methoxy groups -OCH3 is 1. The number of benzene rings is 2. The fourth-order valence-electron chi connectivity index (χ4n) is 3.77. The molecule has 8 heteroatoms. The van der Waals surface area contributed by atoms with E-state index in [1.165, 1.54) is 11.4 Å². The molecule has 162 valence electrons. The van der Waals surface area contributed by atoms with Crippen LogP contribution in [-0.4, -0.2) is 38.3 Å². The molecule has 1 saturated carbocycles. The van der Waals surface area contributed by atoms with Gasteiger partial charge in [0.05, 0.1) is 24.2 Å². The maximum absolute atomic E-state index is 13.4. The monoisotopic (exact) mass is 494 g/mol. The normalized spacial score (nSPS) is 15.2. The third kappa shape index (κ3) is 5.42. The van der Waals surface area contributed by atoms with E-state index in [9.17, 15) is 13.2 Å². The molecular formula is C22H27BrN2O4S. The van der Waals surface area contributed by atoms with Crippen LogP contribution in [0.3, 0.4) is 0 Å². The van der Waals surface area contributed by atoms with Crippen LogP contribution < -0.4 is 10.1 Å². The van der Waals surface area contributed by atoms with Crippen molar-refractivity contribution in [3.63, 3.8) is 0 Å². The summed E-state index contributed by atoms with van der Waals surface area (Å²) in [5.41, 5.74) is 1.50. The SMILES string of the molecule is COc1ccc(C)cc1NC(=O)CN(C1CCCCC1)S(=O)(=O)c1ccc(Br)cc1. The maximum Gasteiger partial charge on any atom is 0.243 e. The molecule has 1 amide bonds. The van der Waals surface area contributed by atoms with Gasteiger partial charge in [0.1, 0.15) is 5.75 Å². The molecule has 2 aromatic rings. The Balaban J connectivity index is 1.86. The van der Waals surface area contributed by atoms with E-state index in [1.54, 1.807) is 30.3 Å². The summed E-state index contributed by atoms with van der Waals surface area (Å²) in [5, 5.41) is 2.83. The van der Waals surface area contributed by atoms with Crippen LogP contribution in [0, 0.1) is 6.92 Å². The number of hydrogen-bond acceptors (Lipinski definition) is 4. The molecule has 1 aliphatic carbocycles. The number of aryl methyl sites for hydroxylation is 1. The lowest BCUT2D eigenvalue weighted by Crippen LogP contribution is -2.45. The van der Waals surface area contributed by atoms with Gasteiger partial charge in [-0.2, -0.15) is 4.31 Å². The van der Waals surface area contributed by atoms with Crippen molar-refractivity contribution < 1.29 is 17.9 Å². The first kappa shape index (κ1) is 22.8. The third-order valence-corrected chi connectivity index (χ3v) is 7.77. The second-order valence-electron chi connectivity index (χ2n) is 7.55. The van der Waals surface area contributed by atoms with Crippen LogP contribution >= 0.6 is 15.9 Å². The predicted octanol–water partition coefficient (Wildman–Crippen LogP) is 4.73. The van der Waals surface area contributed by atoms with E-state index < -0.39 is 10.0 Å². The Bertz CT molecular complexity index is 987. The van der Waals surface area contributed by atoms with E-state index in [2.05, 4.69) is 21.2 Å². The highest BCUT2D eigenvalue weighted by molar-refractivity contribution is 9.10. The summed E-state index contributed by atoms with van der Waals surface area (Å²) in [6.45, 7) is 1.68. The van der Waals surface area contributed by atoms with Crippen LogP contribution in [0.25, 0.3) is 0 Å². The summed E-state index contributed by atoms with van der Waals surface area (Å²) in [7, 11) is -2.27. The van der Waals surface area contributed by atoms with Crippen molar-refractivity contribution >= 4 is 37.5 Å². The van der Waals surface area contributed by atoms with Crippen LogP contribution in [0.1, 0.15) is 37.7 Å². The van der Waals surface area contributed by atoms with Gasteiger partial charge in [-0.3, -0.25) is 4.79 Å². The van der Waals surface area contributed by atoms with Gasteiger partial charge in [-0.05, 0) is 61.7 Å². The Morgan fingerprint density at radius 3 is 2.43 bits per heavy atom. The number of carbonyl (C=O) groups excluding carboxylic acids is 1. The minimum Gasteiger partial charge on any atom is -0.495 e. The predicted molar refractivity (Wildman–Crippen MR) is 121 cm³/mol. The molecule has 0 saturated heterocycles. The van der Waals surface area contributed by atoms with Gasteiger partial charge in [0, 0.05) is 10.5 Å². The molecule has 0 unspecified atom stereocenters. The number of sulfonamides is 1. The molecule has 6 nitrogen and oxygen atoms in total. The lowest BCUT2D eigenvalue weighted by molar-refractivity contribution is -0.116. The Labute approximate surface area is 186 Å². The second-order valence-corrected chi connectivity index (χ2v) is 10.4. The molecule has 0 atom stereocenters. The van der Waals surface area contributed by atoms with Gasteiger partial charge < -0.3 is 10.1 Å². The summed E-state index contributed by atoms with van der Waals surface area (Å²) < 4.78 is 34.3. The number of anilines is 1. The number of hydrogen-bond donors (Lipinski definition) is 1. The zero-order valence-electron chi connectivity index (χ0n) is 17.2. The summed E-state index contributed by atoms with van der Waals surface area (Å²) in [6, 6.07) is 11.8. The molecule has 1 N–H and O–H groups in total. The summed E-state index contributed by atoms with van der Waals surface area (Å²) in [4.78, 5) is 13.1. The van der Waals surface area contributed by atoms with Crippen LogP contribution in [0.5, 0.6) is 5.75 Å². The van der Waals surface area contributed by atoms with Crippen molar-refractivity contribution in [2.45, 2.75) is 50.0 Å². The highest BCUT2D eigenvalue weighted by Crippen LogP contribution is 2.29. The molecule has 3 rings (SSSR count). The quantitative estimate of drug-likeness (QED) is 0.603. The summed E-state index contributed by atoms with van der Waals surface area (Å²) >= 11 is 3.34. The molecule has 1 fully saturated rings. The van der Waals surface area contributed by atoms with Gasteiger partial charge >= 0.3 is 0 Å². The van der Waals surface area contributed by atoms with Crippen molar-refractivity contribution in [2.24, 2.45) is 0 Å². The molecule has 2 aromatic carbocycles. The number of nitrogens with zero attached hydrogens (tertiary/aromatic N) is 1. The van der Waals surface area contributed by atoms with Gasteiger partial charge in [0.15, 0.2) is 0 Å². The van der Waals surface area contributed by atoms with E-state index >= 15 is 0 Å². The molecule has 30 heavy (non-hydrogen) atoms. The Morgan fingerprint density at radius 2 is 1.80 bits per heavy atom. The topological polar surface area (TPSA) is 75.7 Å². The van der Waals surface area contributed by atoms with Crippen LogP contribution in [0.2, 0.25) is 0 Å². The smallest absolute Gasteiger partial charge is 0.243 e. The van der Waals surface area contributed by atoms with Crippen molar-refractivity contribution in [2.75, 3.05) is 19.0 Å². The average Bonchev–Trinajstić information content (AvgIpc) is 2.73. The van der Waals surface area contributed by atoms with E-state index in [4.69, 9.17) is 4.74 Å². The molecule has 0 radical (unpaired) electrons. The first-order valence-electron chi connectivity index (χ1n) is 10.0. The number of ether oxygens (including phenoxy) is 1. The van der Waals surface area contributed by atoms with Crippen molar-refractivity contribution in [1.29, 1.82) is 0 Å². The van der Waals surface area contributed by atoms with Crippen molar-refractivity contribution in [3.05, 3.63) is 52.5 Å². The number of carbonyl (C=O) groups is 1. The molecular weight excluding hydrogens is 468 g/mol. The standard InChI is InChI=1S/C22H27BrN2O4S/c1-16-8-13-21(29-2)20(14-16)24-22(26)15-25(18-6-4-3-5-7-18)30(27,28)19-11-9-17(23)10-12-19/h8-14,18H,3-7,15H2,1-2H3,(H,24,26). The molecule has 0 spiro atoms. The van der Waals surface area contributed by atoms with Crippen LogP contribution in [0.15, 0.2) is 51.8 Å². The molecule has 0 aromatic heterocycles. The van der Waals surface area contributed by atoms with E-state index in [0.29, 0.717) is 11.4 Å². The summed E-state index contributed by atoms with van der Waals surface area (Å²) in [6.07, 6.45) is 4.54. The van der Waals surface area contributed by atoms with Crippen LogP contribution in [0.4, 0.5) is 5.69 Å². The van der Waals surface area contributed by atoms with Gasteiger partial charge in [-0.1, -0.05) is 41.3 Å². The van der Waals surface area contributed by atoms with E-state index in [-0.39, 0.29) is 23.4 Å². The number of amides is 1. The fraction of sp³-hybridized carbons (Fsp3) is 0.409. The minimum atomic E-state index is -3.81. The van der Waals surface area contributed by atoms with Gasteiger partial charge in [-0.15, -0.1) is 0 Å². The number of rotatable bonds is 7. The largest absolute Gasteiger partial charge is 0.495 e. The lowest BCUT2D eigenvalue weighted by atomic mass is 9.95. The van der Waals surface area contributed by atoms with Crippen molar-refractivity contribution in [1.82, 2.24) is 4.31 Å². The first-order valence-corrected chi connectivity index (χ1v) is 12.3. The Morgan fingerprint density at radius 1 is 1.13 bits per heavy atom. The third-order valence-electron chi connectivity index (χ3n) is 5.33. The first-order chi connectivity index (χ1) is 14.3. The van der Waals surface area contributed by atoms with E-state index in [1.807, 2.05) is 19.1 Å². The molecule has 0 aliphatic heterocycles. The van der Waals surface area contributed by atoms with Crippen LogP contribution in [-0.2, 0) is 14.8 Å². The summed E-state index contributed by atoms with van der Waals surface area (Å²) in [5.74, 6) is 0.152. The Hall–Kier alpha value is -1.90. The fourth-order valence-corrected chi connectivity index (χ4v) is 5.68. The Kier molecular flexibility index (Phi) is 7.55. The van der Waals surface area contributed by atoms with Gasteiger partial charge in [0.25, 0.3) is 0 Å².